The van der Waals surface area contributed by atoms with Crippen LogP contribution < -0.4 is 0 Å². The van der Waals surface area contributed by atoms with Crippen LogP contribution in [0.4, 0.5) is 0 Å². The zero-order chi connectivity index (χ0) is 13.8. The second-order valence-corrected chi connectivity index (χ2v) is 5.16. The first kappa shape index (κ1) is 13.9. The van der Waals surface area contributed by atoms with Gasteiger partial charge in [-0.15, -0.1) is 0 Å². The SMILES string of the molecule is CC(OCC1CC=CCC1C)c1ccc(C(=O)O)o1. The monoisotopic (exact) mass is 264 g/mol. The van der Waals surface area contributed by atoms with Crippen molar-refractivity contribution in [2.45, 2.75) is 32.8 Å². The molecule has 0 saturated carbocycles. The summed E-state index contributed by atoms with van der Waals surface area (Å²) in [6.45, 7) is 4.79. The molecule has 19 heavy (non-hydrogen) atoms. The normalized spacial score (nSPS) is 24.3. The van der Waals surface area contributed by atoms with E-state index in [1.807, 2.05) is 6.92 Å². The van der Waals surface area contributed by atoms with Gasteiger partial charge in [0.2, 0.25) is 5.76 Å². The molecule has 0 amide bonds. The molecule has 0 fully saturated rings. The predicted molar refractivity (Wildman–Crippen MR) is 71.1 cm³/mol. The lowest BCUT2D eigenvalue weighted by atomic mass is 9.85. The van der Waals surface area contributed by atoms with E-state index in [4.69, 9.17) is 14.3 Å². The summed E-state index contributed by atoms with van der Waals surface area (Å²) in [7, 11) is 0. The van der Waals surface area contributed by atoms with E-state index < -0.39 is 5.97 Å². The first-order valence-corrected chi connectivity index (χ1v) is 6.67. The number of furan rings is 1. The van der Waals surface area contributed by atoms with Crippen molar-refractivity contribution in [3.05, 3.63) is 35.8 Å². The highest BCUT2D eigenvalue weighted by Gasteiger charge is 2.21. The average molecular weight is 264 g/mol. The topological polar surface area (TPSA) is 59.7 Å². The van der Waals surface area contributed by atoms with Gasteiger partial charge in [-0.2, -0.15) is 0 Å². The molecule has 2 rings (SSSR count). The Balaban J connectivity index is 1.88. The molecule has 1 aliphatic carbocycles. The van der Waals surface area contributed by atoms with Crippen LogP contribution in [0.15, 0.2) is 28.7 Å². The van der Waals surface area contributed by atoms with E-state index in [1.54, 1.807) is 6.07 Å². The second kappa shape index (κ2) is 6.06. The van der Waals surface area contributed by atoms with Crippen LogP contribution >= 0.6 is 0 Å². The summed E-state index contributed by atoms with van der Waals surface area (Å²) in [6, 6.07) is 3.13. The number of carboxylic acid groups (broad SMARTS) is 1. The number of rotatable bonds is 5. The van der Waals surface area contributed by atoms with Gasteiger partial charge >= 0.3 is 5.97 Å². The van der Waals surface area contributed by atoms with E-state index in [0.717, 1.165) is 12.8 Å². The fourth-order valence-electron chi connectivity index (χ4n) is 2.28. The van der Waals surface area contributed by atoms with Crippen molar-refractivity contribution in [1.29, 1.82) is 0 Å². The largest absolute Gasteiger partial charge is 0.475 e. The first-order chi connectivity index (χ1) is 9.08. The molecule has 0 spiro atoms. The number of carboxylic acids is 1. The summed E-state index contributed by atoms with van der Waals surface area (Å²) >= 11 is 0. The molecule has 1 heterocycles. The van der Waals surface area contributed by atoms with Crippen LogP contribution in [0.5, 0.6) is 0 Å². The van der Waals surface area contributed by atoms with E-state index >= 15 is 0 Å². The first-order valence-electron chi connectivity index (χ1n) is 6.67. The second-order valence-electron chi connectivity index (χ2n) is 5.16. The highest BCUT2D eigenvalue weighted by atomic mass is 16.5. The summed E-state index contributed by atoms with van der Waals surface area (Å²) in [5.41, 5.74) is 0. The van der Waals surface area contributed by atoms with Gasteiger partial charge in [0.25, 0.3) is 0 Å². The molecular weight excluding hydrogens is 244 g/mol. The van der Waals surface area contributed by atoms with E-state index in [1.165, 1.54) is 6.07 Å². The van der Waals surface area contributed by atoms with Gasteiger partial charge in [0.05, 0.1) is 6.61 Å². The number of carbonyl (C=O) groups is 1. The molecule has 104 valence electrons. The minimum absolute atomic E-state index is 0.0422. The zero-order valence-electron chi connectivity index (χ0n) is 11.3. The minimum Gasteiger partial charge on any atom is -0.475 e. The molecule has 1 aromatic heterocycles. The maximum Gasteiger partial charge on any atom is 0.371 e. The van der Waals surface area contributed by atoms with Crippen molar-refractivity contribution in [3.8, 4) is 0 Å². The van der Waals surface area contributed by atoms with Crippen LogP contribution in [0, 0.1) is 11.8 Å². The van der Waals surface area contributed by atoms with Crippen LogP contribution in [0.2, 0.25) is 0 Å². The molecular formula is C15H20O4. The van der Waals surface area contributed by atoms with Crippen molar-refractivity contribution in [2.24, 2.45) is 11.8 Å². The quantitative estimate of drug-likeness (QED) is 0.824. The molecule has 3 atom stereocenters. The Morgan fingerprint density at radius 1 is 1.47 bits per heavy atom. The van der Waals surface area contributed by atoms with Gasteiger partial charge in [-0.3, -0.25) is 0 Å². The van der Waals surface area contributed by atoms with E-state index in [0.29, 0.717) is 24.2 Å². The Morgan fingerprint density at radius 2 is 2.21 bits per heavy atom. The van der Waals surface area contributed by atoms with Crippen LogP contribution in [0.3, 0.4) is 0 Å². The Hall–Kier alpha value is -1.55. The molecule has 0 bridgehead atoms. The third-order valence-electron chi connectivity index (χ3n) is 3.72. The smallest absolute Gasteiger partial charge is 0.371 e. The number of allylic oxidation sites excluding steroid dienone is 2. The van der Waals surface area contributed by atoms with Crippen molar-refractivity contribution in [2.75, 3.05) is 6.61 Å². The Bertz CT molecular complexity index is 460. The zero-order valence-corrected chi connectivity index (χ0v) is 11.3. The van der Waals surface area contributed by atoms with Gasteiger partial charge in [-0.1, -0.05) is 19.1 Å². The molecule has 3 unspecified atom stereocenters. The lowest BCUT2D eigenvalue weighted by Crippen LogP contribution is -2.20. The average Bonchev–Trinajstić information content (AvgIpc) is 2.87. The van der Waals surface area contributed by atoms with Crippen molar-refractivity contribution in [3.63, 3.8) is 0 Å². The van der Waals surface area contributed by atoms with Crippen molar-refractivity contribution < 1.29 is 19.1 Å². The molecule has 1 aromatic rings. The van der Waals surface area contributed by atoms with Gasteiger partial charge in [0.1, 0.15) is 11.9 Å². The maximum absolute atomic E-state index is 10.7. The Labute approximate surface area is 113 Å². The molecule has 0 radical (unpaired) electrons. The molecule has 0 saturated heterocycles. The number of hydrogen-bond donors (Lipinski definition) is 1. The predicted octanol–water partition coefficient (Wildman–Crippen LogP) is 3.66. The molecule has 4 heteroatoms. The molecule has 1 N–H and O–H groups in total. The number of aromatic carboxylic acids is 1. The molecule has 0 aromatic carbocycles. The van der Waals surface area contributed by atoms with E-state index in [2.05, 4.69) is 19.1 Å². The molecule has 1 aliphatic rings. The third-order valence-corrected chi connectivity index (χ3v) is 3.72. The van der Waals surface area contributed by atoms with Gasteiger partial charge < -0.3 is 14.3 Å². The Kier molecular flexibility index (Phi) is 4.43. The summed E-state index contributed by atoms with van der Waals surface area (Å²) in [4.78, 5) is 10.7. The summed E-state index contributed by atoms with van der Waals surface area (Å²) in [6.07, 6.45) is 6.36. The van der Waals surface area contributed by atoms with Gasteiger partial charge in [-0.25, -0.2) is 4.79 Å². The van der Waals surface area contributed by atoms with Crippen molar-refractivity contribution in [1.82, 2.24) is 0 Å². The standard InChI is InChI=1S/C15H20O4/c1-10-5-3-4-6-12(10)9-18-11(2)13-7-8-14(19-13)15(16)17/h3-4,7-8,10-12H,5-6,9H2,1-2H3,(H,16,17). The summed E-state index contributed by atoms with van der Waals surface area (Å²) in [5, 5.41) is 8.81. The fourth-order valence-corrected chi connectivity index (χ4v) is 2.28. The highest BCUT2D eigenvalue weighted by Crippen LogP contribution is 2.27. The lowest BCUT2D eigenvalue weighted by molar-refractivity contribution is 0.0136. The molecule has 4 nitrogen and oxygen atoms in total. The summed E-state index contributed by atoms with van der Waals surface area (Å²) in [5.74, 6) is 0.630. The molecule has 0 aliphatic heterocycles. The Morgan fingerprint density at radius 3 is 2.84 bits per heavy atom. The third kappa shape index (κ3) is 3.47. The highest BCUT2D eigenvalue weighted by molar-refractivity contribution is 5.84. The lowest BCUT2D eigenvalue weighted by Gasteiger charge is -2.26. The van der Waals surface area contributed by atoms with Crippen LogP contribution in [0.25, 0.3) is 0 Å². The van der Waals surface area contributed by atoms with Crippen LogP contribution in [-0.4, -0.2) is 17.7 Å². The van der Waals surface area contributed by atoms with Gasteiger partial charge in [-0.05, 0) is 43.7 Å². The number of hydrogen-bond acceptors (Lipinski definition) is 3. The van der Waals surface area contributed by atoms with Crippen molar-refractivity contribution >= 4 is 5.97 Å². The van der Waals surface area contributed by atoms with Crippen LogP contribution in [0.1, 0.15) is 49.1 Å². The van der Waals surface area contributed by atoms with Gasteiger partial charge in [0.15, 0.2) is 0 Å². The fraction of sp³-hybridized carbons (Fsp3) is 0.533. The van der Waals surface area contributed by atoms with Crippen LogP contribution in [-0.2, 0) is 4.74 Å². The summed E-state index contributed by atoms with van der Waals surface area (Å²) < 4.78 is 11.0. The number of ether oxygens (including phenoxy) is 1. The van der Waals surface area contributed by atoms with E-state index in [9.17, 15) is 4.79 Å². The van der Waals surface area contributed by atoms with Gasteiger partial charge in [0, 0.05) is 0 Å². The maximum atomic E-state index is 10.7. The minimum atomic E-state index is -1.05. The van der Waals surface area contributed by atoms with E-state index in [-0.39, 0.29) is 11.9 Å².